The second kappa shape index (κ2) is 7.15. The number of nitrogens with zero attached hydrogens (tertiary/aromatic N) is 3. The maximum Gasteiger partial charge on any atom is 0.239 e. The number of hydrogen-bond donors (Lipinski definition) is 1. The fraction of sp³-hybridized carbons (Fsp3) is 0.444. The van der Waals surface area contributed by atoms with Crippen LogP contribution >= 0.6 is 0 Å². The van der Waals surface area contributed by atoms with E-state index in [0.717, 1.165) is 36.7 Å². The van der Waals surface area contributed by atoms with Gasteiger partial charge in [-0.3, -0.25) is 14.6 Å². The minimum Gasteiger partial charge on any atom is -0.445 e. The van der Waals surface area contributed by atoms with E-state index in [9.17, 15) is 4.79 Å². The van der Waals surface area contributed by atoms with Crippen molar-refractivity contribution in [3.63, 3.8) is 0 Å². The molecule has 1 aromatic heterocycles. The Balaban J connectivity index is 1.66. The van der Waals surface area contributed by atoms with Gasteiger partial charge >= 0.3 is 0 Å². The summed E-state index contributed by atoms with van der Waals surface area (Å²) in [5.74, 6) is 1.25. The third kappa shape index (κ3) is 3.66. The van der Waals surface area contributed by atoms with Crippen molar-refractivity contribution in [1.82, 2.24) is 14.8 Å². The van der Waals surface area contributed by atoms with Crippen molar-refractivity contribution in [1.29, 1.82) is 0 Å². The molecule has 3 rings (SSSR count). The molecule has 6 nitrogen and oxygen atoms in total. The van der Waals surface area contributed by atoms with Gasteiger partial charge in [0.1, 0.15) is 11.8 Å². The summed E-state index contributed by atoms with van der Waals surface area (Å²) in [4.78, 5) is 20.7. The van der Waals surface area contributed by atoms with Gasteiger partial charge in [-0.2, -0.15) is 0 Å². The number of aromatic nitrogens is 1. The summed E-state index contributed by atoms with van der Waals surface area (Å²) in [7, 11) is 2.06. The zero-order valence-corrected chi connectivity index (χ0v) is 14.2. The molecule has 1 saturated heterocycles. The van der Waals surface area contributed by atoms with E-state index in [1.165, 1.54) is 0 Å². The Morgan fingerprint density at radius 3 is 2.83 bits per heavy atom. The van der Waals surface area contributed by atoms with Gasteiger partial charge in [-0.1, -0.05) is 30.3 Å². The van der Waals surface area contributed by atoms with Crippen molar-refractivity contribution in [3.05, 3.63) is 53.7 Å². The van der Waals surface area contributed by atoms with Gasteiger partial charge in [0.05, 0.1) is 12.7 Å². The lowest BCUT2D eigenvalue weighted by atomic mass is 10.1. The highest BCUT2D eigenvalue weighted by Crippen LogP contribution is 2.27. The molecule has 128 valence electrons. The molecule has 0 aliphatic carbocycles. The highest BCUT2D eigenvalue weighted by molar-refractivity contribution is 5.81. The Kier molecular flexibility index (Phi) is 4.97. The SMILES string of the molecule is Cc1cnc(CN(C)[C@H]2CCN([C@H](C(N)=O)c3ccccc3)C2)o1. The number of carbonyl (C=O) groups is 1. The number of carbonyl (C=O) groups excluding carboxylic acids is 1. The van der Waals surface area contributed by atoms with Crippen LogP contribution in [0.2, 0.25) is 0 Å². The quantitative estimate of drug-likeness (QED) is 0.874. The number of amides is 1. The van der Waals surface area contributed by atoms with Crippen LogP contribution in [0, 0.1) is 6.92 Å². The van der Waals surface area contributed by atoms with Gasteiger partial charge in [0.15, 0.2) is 0 Å². The maximum absolute atomic E-state index is 12.0. The van der Waals surface area contributed by atoms with E-state index in [2.05, 4.69) is 21.8 Å². The summed E-state index contributed by atoms with van der Waals surface area (Å²) in [5, 5.41) is 0. The van der Waals surface area contributed by atoms with E-state index < -0.39 is 0 Å². The molecule has 2 N–H and O–H groups in total. The fourth-order valence-electron chi connectivity index (χ4n) is 3.37. The number of likely N-dealkylation sites (tertiary alicyclic amines) is 1. The Morgan fingerprint density at radius 1 is 1.46 bits per heavy atom. The predicted molar refractivity (Wildman–Crippen MR) is 91.1 cm³/mol. The Morgan fingerprint density at radius 2 is 2.21 bits per heavy atom. The largest absolute Gasteiger partial charge is 0.445 e. The standard InChI is InChI=1S/C18H24N4O2/c1-13-10-20-16(24-13)12-21(2)15-8-9-22(11-15)17(18(19)23)14-6-4-3-5-7-14/h3-7,10,15,17H,8-9,11-12H2,1-2H3,(H2,19,23)/t15-,17-/m0/s1. The number of rotatable bonds is 6. The van der Waals surface area contributed by atoms with Crippen LogP contribution in [0.25, 0.3) is 0 Å². The minimum absolute atomic E-state index is 0.298. The second-order valence-corrected chi connectivity index (χ2v) is 6.43. The number of nitrogens with two attached hydrogens (primary N) is 1. The Labute approximate surface area is 142 Å². The number of hydrogen-bond acceptors (Lipinski definition) is 5. The molecular weight excluding hydrogens is 304 g/mol. The molecule has 1 aliphatic rings. The lowest BCUT2D eigenvalue weighted by molar-refractivity contribution is -0.123. The number of likely N-dealkylation sites (N-methyl/N-ethyl adjacent to an activating group) is 1. The lowest BCUT2D eigenvalue weighted by Gasteiger charge is -2.27. The zero-order valence-electron chi connectivity index (χ0n) is 14.2. The van der Waals surface area contributed by atoms with E-state index >= 15 is 0 Å². The predicted octanol–water partition coefficient (Wildman–Crippen LogP) is 1.72. The van der Waals surface area contributed by atoms with Gasteiger partial charge in [0.25, 0.3) is 0 Å². The van der Waals surface area contributed by atoms with Gasteiger partial charge in [0.2, 0.25) is 11.8 Å². The molecule has 0 spiro atoms. The number of primary amides is 1. The van der Waals surface area contributed by atoms with Gasteiger partial charge in [-0.15, -0.1) is 0 Å². The summed E-state index contributed by atoms with van der Waals surface area (Å²) in [6.07, 6.45) is 2.73. The molecule has 0 unspecified atom stereocenters. The second-order valence-electron chi connectivity index (χ2n) is 6.43. The molecule has 2 heterocycles. The Bertz CT molecular complexity index is 685. The first-order valence-electron chi connectivity index (χ1n) is 8.24. The van der Waals surface area contributed by atoms with Crippen LogP contribution in [0.5, 0.6) is 0 Å². The molecule has 1 aromatic carbocycles. The molecule has 6 heteroatoms. The third-order valence-electron chi connectivity index (χ3n) is 4.62. The van der Waals surface area contributed by atoms with Crippen LogP contribution in [0.4, 0.5) is 0 Å². The topological polar surface area (TPSA) is 75.6 Å². The van der Waals surface area contributed by atoms with Gasteiger partial charge in [0, 0.05) is 19.1 Å². The minimum atomic E-state index is -0.367. The smallest absolute Gasteiger partial charge is 0.239 e. The van der Waals surface area contributed by atoms with Crippen LogP contribution < -0.4 is 5.73 Å². The monoisotopic (exact) mass is 328 g/mol. The van der Waals surface area contributed by atoms with Gasteiger partial charge in [-0.05, 0) is 26.0 Å². The van der Waals surface area contributed by atoms with Crippen molar-refractivity contribution < 1.29 is 9.21 Å². The highest BCUT2D eigenvalue weighted by Gasteiger charge is 2.34. The summed E-state index contributed by atoms with van der Waals surface area (Å²) in [5.41, 5.74) is 6.63. The molecule has 0 bridgehead atoms. The van der Waals surface area contributed by atoms with Crippen LogP contribution in [-0.4, -0.2) is 46.9 Å². The van der Waals surface area contributed by atoms with E-state index in [1.54, 1.807) is 6.20 Å². The molecule has 24 heavy (non-hydrogen) atoms. The molecule has 0 radical (unpaired) electrons. The number of aryl methyl sites for hydroxylation is 1. The van der Waals surface area contributed by atoms with E-state index in [0.29, 0.717) is 12.6 Å². The molecular formula is C18H24N4O2. The molecule has 2 atom stereocenters. The van der Waals surface area contributed by atoms with E-state index in [1.807, 2.05) is 37.3 Å². The normalized spacial score (nSPS) is 19.7. The lowest BCUT2D eigenvalue weighted by Crippen LogP contribution is -2.39. The molecule has 0 saturated carbocycles. The zero-order chi connectivity index (χ0) is 17.1. The van der Waals surface area contributed by atoms with Crippen molar-refractivity contribution in [2.45, 2.75) is 32.0 Å². The van der Waals surface area contributed by atoms with E-state index in [-0.39, 0.29) is 11.9 Å². The van der Waals surface area contributed by atoms with E-state index in [4.69, 9.17) is 10.2 Å². The molecule has 1 aliphatic heterocycles. The first-order chi connectivity index (χ1) is 11.5. The van der Waals surface area contributed by atoms with Crippen molar-refractivity contribution in [3.8, 4) is 0 Å². The highest BCUT2D eigenvalue weighted by atomic mass is 16.4. The third-order valence-corrected chi connectivity index (χ3v) is 4.62. The van der Waals surface area contributed by atoms with Crippen LogP contribution in [0.3, 0.4) is 0 Å². The van der Waals surface area contributed by atoms with Gasteiger partial charge in [-0.25, -0.2) is 4.98 Å². The first-order valence-corrected chi connectivity index (χ1v) is 8.24. The number of oxazole rings is 1. The fourth-order valence-corrected chi connectivity index (χ4v) is 3.37. The molecule has 1 fully saturated rings. The average Bonchev–Trinajstić information content (AvgIpc) is 3.18. The van der Waals surface area contributed by atoms with Crippen molar-refractivity contribution in [2.75, 3.05) is 20.1 Å². The average molecular weight is 328 g/mol. The van der Waals surface area contributed by atoms with Gasteiger partial charge < -0.3 is 10.2 Å². The first kappa shape index (κ1) is 16.7. The Hall–Kier alpha value is -2.18. The summed E-state index contributed by atoms with van der Waals surface area (Å²) in [6.45, 7) is 4.21. The van der Waals surface area contributed by atoms with Crippen LogP contribution in [-0.2, 0) is 11.3 Å². The summed E-state index contributed by atoms with van der Waals surface area (Å²) >= 11 is 0. The molecule has 2 aromatic rings. The van der Waals surface area contributed by atoms with Crippen molar-refractivity contribution in [2.24, 2.45) is 5.73 Å². The maximum atomic E-state index is 12.0. The van der Waals surface area contributed by atoms with Crippen LogP contribution in [0.15, 0.2) is 40.9 Å². The van der Waals surface area contributed by atoms with Crippen molar-refractivity contribution >= 4 is 5.91 Å². The summed E-state index contributed by atoms with van der Waals surface area (Å²) < 4.78 is 5.56. The number of benzene rings is 1. The molecule has 1 amide bonds. The van der Waals surface area contributed by atoms with Crippen LogP contribution in [0.1, 0.15) is 29.7 Å². The summed E-state index contributed by atoms with van der Waals surface area (Å²) in [6, 6.07) is 9.73.